The minimum atomic E-state index is 0.907. The summed E-state index contributed by atoms with van der Waals surface area (Å²) in [6, 6.07) is 4.03. The van der Waals surface area contributed by atoms with E-state index in [0.717, 1.165) is 11.1 Å². The molecule has 0 spiro atoms. The lowest BCUT2D eigenvalue weighted by atomic mass is 10.1. The largest absolute Gasteiger partial charge is 0.443 e. The molecule has 56 valence electrons. The van der Waals surface area contributed by atoms with Crippen LogP contribution in [0.4, 0.5) is 0 Å². The van der Waals surface area contributed by atoms with Crippen molar-refractivity contribution in [1.29, 1.82) is 0 Å². The van der Waals surface area contributed by atoms with Crippen LogP contribution in [-0.4, -0.2) is 4.98 Å². The Bertz CT molecular complexity index is 389. The van der Waals surface area contributed by atoms with E-state index in [-0.39, 0.29) is 0 Å². The van der Waals surface area contributed by atoms with Crippen LogP contribution in [0.5, 0.6) is 0 Å². The Morgan fingerprint density at radius 3 is 2.91 bits per heavy atom. The van der Waals surface area contributed by atoms with Crippen molar-refractivity contribution in [3.63, 3.8) is 0 Å². The molecule has 1 aromatic carbocycles. The second-order valence-electron chi connectivity index (χ2n) is 2.71. The smallest absolute Gasteiger partial charge is 0.181 e. The van der Waals surface area contributed by atoms with Crippen LogP contribution in [0.1, 0.15) is 11.1 Å². The van der Waals surface area contributed by atoms with Gasteiger partial charge in [-0.2, -0.15) is 0 Å². The van der Waals surface area contributed by atoms with Crippen LogP contribution in [0.2, 0.25) is 0 Å². The third kappa shape index (κ3) is 0.827. The first-order valence-corrected chi connectivity index (χ1v) is 3.58. The zero-order chi connectivity index (χ0) is 7.84. The topological polar surface area (TPSA) is 26.0 Å². The number of oxazole rings is 1. The van der Waals surface area contributed by atoms with Crippen molar-refractivity contribution in [2.75, 3.05) is 0 Å². The van der Waals surface area contributed by atoms with Crippen LogP contribution in [-0.2, 0) is 0 Å². The highest BCUT2D eigenvalue weighted by atomic mass is 16.3. The Balaban J connectivity index is 2.93. The summed E-state index contributed by atoms with van der Waals surface area (Å²) >= 11 is 0. The molecule has 11 heavy (non-hydrogen) atoms. The van der Waals surface area contributed by atoms with Crippen molar-refractivity contribution in [3.8, 4) is 0 Å². The minimum Gasteiger partial charge on any atom is -0.443 e. The lowest BCUT2D eigenvalue weighted by molar-refractivity contribution is 0.599. The Labute approximate surface area is 64.9 Å². The summed E-state index contributed by atoms with van der Waals surface area (Å²) < 4.78 is 5.22. The van der Waals surface area contributed by atoms with Gasteiger partial charge in [0.1, 0.15) is 5.52 Å². The van der Waals surface area contributed by atoms with E-state index in [1.54, 1.807) is 0 Å². The number of rotatable bonds is 0. The second-order valence-corrected chi connectivity index (χ2v) is 2.71. The van der Waals surface area contributed by atoms with E-state index < -0.39 is 0 Å². The third-order valence-corrected chi connectivity index (χ3v) is 2.02. The molecule has 0 N–H and O–H groups in total. The maximum atomic E-state index is 5.22. The van der Waals surface area contributed by atoms with Crippen LogP contribution >= 0.6 is 0 Å². The van der Waals surface area contributed by atoms with Gasteiger partial charge in [0.05, 0.1) is 0 Å². The van der Waals surface area contributed by atoms with Gasteiger partial charge < -0.3 is 4.42 Å². The molecule has 0 saturated heterocycles. The molecule has 0 radical (unpaired) electrons. The minimum absolute atomic E-state index is 0.907. The molecular formula is C9H9NO. The molecule has 1 heterocycles. The zero-order valence-corrected chi connectivity index (χ0v) is 6.59. The average molecular weight is 147 g/mol. The number of benzene rings is 1. The van der Waals surface area contributed by atoms with Crippen molar-refractivity contribution >= 4 is 11.1 Å². The summed E-state index contributed by atoms with van der Waals surface area (Å²) in [5, 5.41) is 0. The van der Waals surface area contributed by atoms with E-state index in [1.807, 2.05) is 13.0 Å². The molecule has 0 aliphatic rings. The summed E-state index contributed by atoms with van der Waals surface area (Å²) in [6.45, 7) is 4.11. The summed E-state index contributed by atoms with van der Waals surface area (Å²) in [5.41, 5.74) is 4.27. The van der Waals surface area contributed by atoms with Gasteiger partial charge in [0.2, 0.25) is 0 Å². The van der Waals surface area contributed by atoms with E-state index >= 15 is 0 Å². The van der Waals surface area contributed by atoms with Crippen molar-refractivity contribution in [1.82, 2.24) is 4.98 Å². The molecule has 0 bridgehead atoms. The van der Waals surface area contributed by atoms with Gasteiger partial charge in [-0.1, -0.05) is 6.07 Å². The maximum absolute atomic E-state index is 5.22. The Kier molecular flexibility index (Phi) is 1.22. The molecule has 0 aliphatic carbocycles. The highest BCUT2D eigenvalue weighted by Crippen LogP contribution is 2.19. The summed E-state index contributed by atoms with van der Waals surface area (Å²) in [5.74, 6) is 0. The first-order valence-electron chi connectivity index (χ1n) is 3.58. The first-order chi connectivity index (χ1) is 5.29. The van der Waals surface area contributed by atoms with Crippen molar-refractivity contribution < 1.29 is 4.42 Å². The molecule has 0 fully saturated rings. The van der Waals surface area contributed by atoms with Crippen LogP contribution < -0.4 is 0 Å². The number of hydrogen-bond donors (Lipinski definition) is 0. The predicted octanol–water partition coefficient (Wildman–Crippen LogP) is 2.44. The zero-order valence-electron chi connectivity index (χ0n) is 6.59. The van der Waals surface area contributed by atoms with E-state index in [1.165, 1.54) is 17.5 Å². The van der Waals surface area contributed by atoms with E-state index in [4.69, 9.17) is 4.42 Å². The third-order valence-electron chi connectivity index (χ3n) is 2.02. The number of aryl methyl sites for hydroxylation is 2. The molecule has 2 heteroatoms. The second kappa shape index (κ2) is 2.09. The Morgan fingerprint density at radius 2 is 2.09 bits per heavy atom. The fourth-order valence-corrected chi connectivity index (χ4v) is 1.16. The molecule has 2 rings (SSSR count). The molecule has 0 saturated carbocycles. The summed E-state index contributed by atoms with van der Waals surface area (Å²) in [6.07, 6.45) is 1.48. The van der Waals surface area contributed by atoms with Gasteiger partial charge in [0, 0.05) is 0 Å². The quantitative estimate of drug-likeness (QED) is 0.572. The summed E-state index contributed by atoms with van der Waals surface area (Å²) in [4.78, 5) is 4.05. The molecule has 0 amide bonds. The van der Waals surface area contributed by atoms with Gasteiger partial charge in [-0.25, -0.2) is 4.98 Å². The van der Waals surface area contributed by atoms with Crippen LogP contribution in [0.3, 0.4) is 0 Å². The molecule has 0 aliphatic heterocycles. The molecule has 0 unspecified atom stereocenters. The SMILES string of the molecule is Cc1ccc2ncoc2c1C. The standard InChI is InChI=1S/C9H9NO/c1-6-3-4-8-9(7(6)2)11-5-10-8/h3-5H,1-2H3. The first kappa shape index (κ1) is 6.40. The number of fused-ring (bicyclic) bond motifs is 1. The van der Waals surface area contributed by atoms with E-state index in [2.05, 4.69) is 18.0 Å². The average Bonchev–Trinajstić information content (AvgIpc) is 2.45. The Morgan fingerprint density at radius 1 is 1.27 bits per heavy atom. The van der Waals surface area contributed by atoms with Crippen LogP contribution in [0.25, 0.3) is 11.1 Å². The summed E-state index contributed by atoms with van der Waals surface area (Å²) in [7, 11) is 0. The molecule has 2 nitrogen and oxygen atoms in total. The van der Waals surface area contributed by atoms with Crippen molar-refractivity contribution in [2.45, 2.75) is 13.8 Å². The van der Waals surface area contributed by atoms with Crippen molar-refractivity contribution in [3.05, 3.63) is 29.7 Å². The molecular weight excluding hydrogens is 138 g/mol. The molecule has 2 aromatic rings. The van der Waals surface area contributed by atoms with Gasteiger partial charge in [-0.15, -0.1) is 0 Å². The van der Waals surface area contributed by atoms with E-state index in [0.29, 0.717) is 0 Å². The van der Waals surface area contributed by atoms with Gasteiger partial charge >= 0.3 is 0 Å². The number of hydrogen-bond acceptors (Lipinski definition) is 2. The van der Waals surface area contributed by atoms with Crippen LogP contribution in [0, 0.1) is 13.8 Å². The fraction of sp³-hybridized carbons (Fsp3) is 0.222. The lowest BCUT2D eigenvalue weighted by Gasteiger charge is -1.96. The number of nitrogens with zero attached hydrogens (tertiary/aromatic N) is 1. The highest BCUT2D eigenvalue weighted by molar-refractivity contribution is 5.76. The number of aromatic nitrogens is 1. The molecule has 0 atom stereocenters. The van der Waals surface area contributed by atoms with Gasteiger partial charge in [0.15, 0.2) is 12.0 Å². The maximum Gasteiger partial charge on any atom is 0.181 e. The molecule has 1 aromatic heterocycles. The van der Waals surface area contributed by atoms with E-state index in [9.17, 15) is 0 Å². The van der Waals surface area contributed by atoms with Gasteiger partial charge in [0.25, 0.3) is 0 Å². The lowest BCUT2D eigenvalue weighted by Crippen LogP contribution is -1.79. The Hall–Kier alpha value is -1.31. The van der Waals surface area contributed by atoms with Gasteiger partial charge in [-0.3, -0.25) is 0 Å². The van der Waals surface area contributed by atoms with Crippen LogP contribution in [0.15, 0.2) is 22.9 Å². The highest BCUT2D eigenvalue weighted by Gasteiger charge is 2.02. The monoisotopic (exact) mass is 147 g/mol. The normalized spacial score (nSPS) is 10.7. The van der Waals surface area contributed by atoms with Gasteiger partial charge in [-0.05, 0) is 31.0 Å². The predicted molar refractivity (Wildman–Crippen MR) is 43.5 cm³/mol. The fourth-order valence-electron chi connectivity index (χ4n) is 1.16. The van der Waals surface area contributed by atoms with Crippen molar-refractivity contribution in [2.24, 2.45) is 0 Å².